The smallest absolute Gasteiger partial charge is 0.408 e. The maximum Gasteiger partial charge on any atom is 0.408 e. The molecule has 1 aliphatic rings. The van der Waals surface area contributed by atoms with Crippen LogP contribution in [0.1, 0.15) is 50.4 Å². The van der Waals surface area contributed by atoms with Gasteiger partial charge in [0.1, 0.15) is 11.2 Å². The molecule has 4 aromatic rings. The van der Waals surface area contributed by atoms with Crippen molar-refractivity contribution in [3.8, 4) is 11.3 Å². The summed E-state index contributed by atoms with van der Waals surface area (Å²) in [7, 11) is 2.01. The van der Waals surface area contributed by atoms with Crippen molar-refractivity contribution >= 4 is 40.7 Å². The Morgan fingerprint density at radius 1 is 1.07 bits per heavy atom. The summed E-state index contributed by atoms with van der Waals surface area (Å²) in [5.41, 5.74) is 8.63. The highest BCUT2D eigenvalue weighted by atomic mass is 35.5. The van der Waals surface area contributed by atoms with Gasteiger partial charge in [0.25, 0.3) is 0 Å². The molecule has 0 radical (unpaired) electrons. The molecule has 1 saturated carbocycles. The van der Waals surface area contributed by atoms with Gasteiger partial charge < -0.3 is 25.3 Å². The summed E-state index contributed by atoms with van der Waals surface area (Å²) in [4.78, 5) is 27.5. The molecular weight excluding hydrogens is 526 g/mol. The third kappa shape index (κ3) is 6.09. The van der Waals surface area contributed by atoms with Crippen molar-refractivity contribution in [3.05, 3.63) is 76.4 Å². The van der Waals surface area contributed by atoms with Crippen molar-refractivity contribution in [1.82, 2.24) is 19.5 Å². The van der Waals surface area contributed by atoms with Gasteiger partial charge in [-0.05, 0) is 42.4 Å². The van der Waals surface area contributed by atoms with Crippen molar-refractivity contribution < 1.29 is 9.53 Å². The van der Waals surface area contributed by atoms with E-state index >= 15 is 0 Å². The van der Waals surface area contributed by atoms with E-state index < -0.39 is 12.0 Å². The number of nitrogens with two attached hydrogens (primary N) is 1. The predicted molar refractivity (Wildman–Crippen MR) is 158 cm³/mol. The number of fused-ring (bicyclic) bond motifs is 1. The molecule has 1 fully saturated rings. The van der Waals surface area contributed by atoms with Crippen LogP contribution in [0.2, 0.25) is 5.02 Å². The number of halogens is 1. The molecule has 2 heterocycles. The zero-order valence-electron chi connectivity index (χ0n) is 22.8. The number of amides is 1. The molecule has 5 rings (SSSR count). The van der Waals surface area contributed by atoms with Gasteiger partial charge in [0, 0.05) is 30.7 Å². The molecule has 10 heteroatoms. The standard InChI is InChI=1S/C30H33ClN7O2/c1-3-19-12-14-21(15-13-19)18-38-25-24(22-10-7-11-23(31)16-22)34-28(26(32)40-29(33)39)35-27(25)36-30(38)37(2)17-20-8-5-4-6-9-20/h4-11,16,19,21H,3,12-15,17-18H2,1-2H3,(H2,33,39)/q-1. The molecule has 1 amide bonds. The first-order chi connectivity index (χ1) is 19.3. The van der Waals surface area contributed by atoms with Crippen molar-refractivity contribution in [2.24, 2.45) is 17.6 Å². The summed E-state index contributed by atoms with van der Waals surface area (Å²) >= 11 is 6.37. The second-order valence-corrected chi connectivity index (χ2v) is 10.9. The van der Waals surface area contributed by atoms with Crippen LogP contribution in [0.5, 0.6) is 0 Å². The number of hydrogen-bond acceptors (Lipinski definition) is 6. The number of carbonyl (C=O) groups is 1. The minimum absolute atomic E-state index is 0.188. The van der Waals surface area contributed by atoms with Crippen molar-refractivity contribution in [3.63, 3.8) is 0 Å². The number of ether oxygens (including phenoxy) is 1. The van der Waals surface area contributed by atoms with Crippen LogP contribution in [0.4, 0.5) is 10.7 Å². The van der Waals surface area contributed by atoms with E-state index in [9.17, 15) is 10.2 Å². The Bertz CT molecular complexity index is 1510. The molecule has 0 saturated heterocycles. The van der Waals surface area contributed by atoms with Gasteiger partial charge in [-0.2, -0.15) is 4.98 Å². The van der Waals surface area contributed by atoms with Crippen LogP contribution in [-0.2, 0) is 17.8 Å². The topological polar surface area (TPSA) is 121 Å². The lowest BCUT2D eigenvalue weighted by Crippen LogP contribution is -2.24. The fraction of sp³-hybridized carbons (Fsp3) is 0.367. The van der Waals surface area contributed by atoms with Crippen LogP contribution in [0.15, 0.2) is 54.6 Å². The summed E-state index contributed by atoms with van der Waals surface area (Å²) in [5, 5.41) is 11.0. The normalized spacial score (nSPS) is 17.1. The molecule has 9 nitrogen and oxygen atoms in total. The Kier molecular flexibility index (Phi) is 8.30. The number of rotatable bonds is 8. The lowest BCUT2D eigenvalue weighted by atomic mass is 9.81. The molecule has 2 aromatic heterocycles. The Labute approximate surface area is 238 Å². The highest BCUT2D eigenvalue weighted by molar-refractivity contribution is 6.30. The Balaban J connectivity index is 1.66. The number of imidazole rings is 1. The van der Waals surface area contributed by atoms with Gasteiger partial charge in [0.05, 0.1) is 5.90 Å². The number of carbonyl (C=O) groups excluding carboxylic acids is 1. The number of benzene rings is 2. The van der Waals surface area contributed by atoms with Crippen molar-refractivity contribution in [2.45, 2.75) is 52.1 Å². The molecule has 208 valence electrons. The maximum absolute atomic E-state index is 11.4. The lowest BCUT2D eigenvalue weighted by molar-refractivity contribution is 0.208. The van der Waals surface area contributed by atoms with E-state index in [1.165, 1.54) is 19.3 Å². The molecule has 0 unspecified atom stereocenters. The van der Waals surface area contributed by atoms with E-state index in [4.69, 9.17) is 27.1 Å². The molecular formula is C30H33ClN7O2-. The lowest BCUT2D eigenvalue weighted by Gasteiger charge is -2.29. The zero-order chi connectivity index (χ0) is 28.2. The second kappa shape index (κ2) is 12.0. The molecule has 0 bridgehead atoms. The van der Waals surface area contributed by atoms with Crippen LogP contribution < -0.4 is 10.6 Å². The number of nitrogens with zero attached hydrogens (tertiary/aromatic N) is 6. The zero-order valence-corrected chi connectivity index (χ0v) is 23.5. The fourth-order valence-corrected chi connectivity index (χ4v) is 5.76. The number of anilines is 1. The maximum atomic E-state index is 11.4. The third-order valence-corrected chi connectivity index (χ3v) is 7.89. The molecule has 0 atom stereocenters. The molecule has 40 heavy (non-hydrogen) atoms. The van der Waals surface area contributed by atoms with Gasteiger partial charge in [-0.3, -0.25) is 0 Å². The average molecular weight is 559 g/mol. The summed E-state index contributed by atoms with van der Waals surface area (Å²) in [6.45, 7) is 3.67. The molecule has 1 aliphatic carbocycles. The van der Waals surface area contributed by atoms with Crippen molar-refractivity contribution in [1.29, 1.82) is 0 Å². The molecule has 0 aliphatic heterocycles. The van der Waals surface area contributed by atoms with Gasteiger partial charge in [0.15, 0.2) is 11.5 Å². The van der Waals surface area contributed by atoms with E-state index in [0.29, 0.717) is 28.8 Å². The minimum Gasteiger partial charge on any atom is -0.767 e. The fourth-order valence-electron chi connectivity index (χ4n) is 5.57. The van der Waals surface area contributed by atoms with E-state index in [1.54, 1.807) is 12.1 Å². The first-order valence-corrected chi connectivity index (χ1v) is 14.0. The highest BCUT2D eigenvalue weighted by Gasteiger charge is 2.26. The van der Waals surface area contributed by atoms with Crippen LogP contribution in [0, 0.1) is 11.8 Å². The molecule has 2 aromatic carbocycles. The third-order valence-electron chi connectivity index (χ3n) is 7.66. The predicted octanol–water partition coefficient (Wildman–Crippen LogP) is 6.41. The van der Waals surface area contributed by atoms with Gasteiger partial charge in [0.2, 0.25) is 5.95 Å². The highest BCUT2D eigenvalue weighted by Crippen LogP contribution is 2.36. The van der Waals surface area contributed by atoms with Gasteiger partial charge >= 0.3 is 6.09 Å². The van der Waals surface area contributed by atoms with Crippen LogP contribution in [-0.4, -0.2) is 38.6 Å². The summed E-state index contributed by atoms with van der Waals surface area (Å²) in [6, 6.07) is 17.5. The first-order valence-electron chi connectivity index (χ1n) is 13.6. The Morgan fingerprint density at radius 2 is 1.80 bits per heavy atom. The Hall–Kier alpha value is -3.98. The van der Waals surface area contributed by atoms with Crippen LogP contribution >= 0.6 is 11.6 Å². The first kappa shape index (κ1) is 27.6. The SMILES string of the molecule is CCC1CCC(Cn2c(N(C)Cc3ccccc3)nc3nc(C(=[N-])OC(N)=O)nc(-c4cccc(Cl)c4)c32)CC1. The average Bonchev–Trinajstić information content (AvgIpc) is 3.31. The largest absolute Gasteiger partial charge is 0.767 e. The van der Waals surface area contributed by atoms with Crippen LogP contribution in [0.3, 0.4) is 0 Å². The minimum atomic E-state index is -1.16. The van der Waals surface area contributed by atoms with E-state index in [-0.39, 0.29) is 5.82 Å². The monoisotopic (exact) mass is 558 g/mol. The van der Waals surface area contributed by atoms with E-state index in [0.717, 1.165) is 47.9 Å². The van der Waals surface area contributed by atoms with Gasteiger partial charge in [-0.1, -0.05) is 80.3 Å². The number of hydrogen-bond donors (Lipinski definition) is 1. The number of aromatic nitrogens is 4. The van der Waals surface area contributed by atoms with E-state index in [1.807, 2.05) is 37.4 Å². The van der Waals surface area contributed by atoms with Gasteiger partial charge in [-0.25, -0.2) is 14.8 Å². The molecule has 0 spiro atoms. The molecule has 2 N–H and O–H groups in total. The van der Waals surface area contributed by atoms with E-state index in [2.05, 4.69) is 38.5 Å². The summed E-state index contributed by atoms with van der Waals surface area (Å²) < 4.78 is 6.92. The second-order valence-electron chi connectivity index (χ2n) is 10.5. The Morgan fingerprint density at radius 3 is 2.48 bits per heavy atom. The van der Waals surface area contributed by atoms with Crippen molar-refractivity contribution in [2.75, 3.05) is 11.9 Å². The van der Waals surface area contributed by atoms with Crippen LogP contribution in [0.25, 0.3) is 27.8 Å². The quantitative estimate of drug-likeness (QED) is 0.197. The summed E-state index contributed by atoms with van der Waals surface area (Å²) in [5.74, 6) is 1.03. The number of primary amides is 1. The summed E-state index contributed by atoms with van der Waals surface area (Å²) in [6.07, 6.45) is 4.78. The van der Waals surface area contributed by atoms with Gasteiger partial charge in [-0.15, -0.1) is 0 Å².